The van der Waals surface area contributed by atoms with Crippen LogP contribution >= 0.6 is 0 Å². The fourth-order valence-corrected chi connectivity index (χ4v) is 10.1. The highest BCUT2D eigenvalue weighted by atomic mass is 32.2. The molecule has 2 aliphatic carbocycles. The summed E-state index contributed by atoms with van der Waals surface area (Å²) in [6.07, 6.45) is -0.591. The van der Waals surface area contributed by atoms with Gasteiger partial charge in [-0.3, -0.25) is 19.1 Å². The number of ether oxygens (including phenoxy) is 3. The Morgan fingerprint density at radius 2 is 1.78 bits per heavy atom. The lowest BCUT2D eigenvalue weighted by Gasteiger charge is -2.42. The number of sulfonamides is 1. The molecule has 7 rings (SSSR count). The third kappa shape index (κ3) is 8.21. The van der Waals surface area contributed by atoms with E-state index in [2.05, 4.69) is 20.3 Å². The quantitative estimate of drug-likeness (QED) is 0.244. The van der Waals surface area contributed by atoms with Gasteiger partial charge in [0.25, 0.3) is 5.91 Å². The summed E-state index contributed by atoms with van der Waals surface area (Å²) < 4.78 is 107. The third-order valence-corrected chi connectivity index (χ3v) is 14.4. The lowest BCUT2D eigenvalue weighted by atomic mass is 9.78. The monoisotopic (exact) mass is 865 g/mol. The molecule has 14 nitrogen and oxygen atoms in total. The summed E-state index contributed by atoms with van der Waals surface area (Å²) in [6.45, 7) is 6.89. The van der Waals surface area contributed by atoms with Crippen LogP contribution in [-0.2, 0) is 41.0 Å². The van der Waals surface area contributed by atoms with Gasteiger partial charge in [-0.25, -0.2) is 22.6 Å². The minimum atomic E-state index is -5.13. The minimum absolute atomic E-state index is 0.0104. The third-order valence-electron chi connectivity index (χ3n) is 12.2. The summed E-state index contributed by atoms with van der Waals surface area (Å²) in [6, 6.07) is 1.15. The Morgan fingerprint density at radius 1 is 1.07 bits per heavy atom. The SMILES string of the molecule is COc1ccc2nc(C(F)(F)F)c3c(c2c1)[C@@](C)(F)C[C@]1(C[C@H]2C(=O)N[C@]4(C(=O)NS(=O)(=O)C5(C)CC5)C[C@@H]4/C=C\CCCCC[C@H](NC(=O)OC(C)(C)C)C(=O)N2C1)O3. The number of alkyl carbamates (subject to hydrolysis) is 1. The van der Waals surface area contributed by atoms with E-state index in [-0.39, 0.29) is 29.5 Å². The predicted octanol–water partition coefficient (Wildman–Crippen LogP) is 5.86. The molecule has 3 fully saturated rings. The van der Waals surface area contributed by atoms with E-state index in [4.69, 9.17) is 14.2 Å². The highest BCUT2D eigenvalue weighted by Crippen LogP contribution is 2.56. The number of alkyl halides is 4. The van der Waals surface area contributed by atoms with Crippen LogP contribution in [0.2, 0.25) is 0 Å². The molecule has 0 radical (unpaired) electrons. The van der Waals surface area contributed by atoms with Gasteiger partial charge in [-0.2, -0.15) is 13.2 Å². The molecule has 5 aliphatic rings. The number of nitrogens with zero attached hydrogens (tertiary/aromatic N) is 2. The van der Waals surface area contributed by atoms with Gasteiger partial charge in [-0.15, -0.1) is 0 Å². The topological polar surface area (TPSA) is 182 Å². The Morgan fingerprint density at radius 3 is 2.43 bits per heavy atom. The minimum Gasteiger partial charge on any atom is -0.497 e. The zero-order chi connectivity index (χ0) is 43.8. The summed E-state index contributed by atoms with van der Waals surface area (Å²) in [5.74, 6) is -4.04. The van der Waals surface area contributed by atoms with E-state index in [1.54, 1.807) is 26.8 Å². The number of hydrogen-bond donors (Lipinski definition) is 3. The van der Waals surface area contributed by atoms with Crippen LogP contribution in [-0.4, -0.2) is 89.3 Å². The number of carbonyl (C=O) groups is 4. The van der Waals surface area contributed by atoms with E-state index >= 15 is 4.39 Å². The molecule has 1 spiro atoms. The Hall–Kier alpha value is -4.68. The molecule has 19 heteroatoms. The molecule has 60 heavy (non-hydrogen) atoms. The van der Waals surface area contributed by atoms with E-state index in [0.29, 0.717) is 38.5 Å². The second-order valence-corrected chi connectivity index (χ2v) is 20.5. The lowest BCUT2D eigenvalue weighted by Crippen LogP contribution is -2.58. The average molecular weight is 866 g/mol. The van der Waals surface area contributed by atoms with Crippen LogP contribution in [0.3, 0.4) is 0 Å². The van der Waals surface area contributed by atoms with Gasteiger partial charge < -0.3 is 29.7 Å². The standard InChI is InChI=1S/C41H51F4N5O9S/c1-36(2,3)59-35(54)47-27-13-11-9-7-8-10-12-23-19-40(23,34(53)49-60(55,56)37(4)16-17-37)48-32(51)28-20-39(22-50(28)33(27)52)21-38(5,42)29-25-18-24(57-6)14-15-26(25)46-31(30(29)58-39)41(43,44)45/h10,12,14-15,18,23,27-28H,7-9,11,13,16-17,19-22H2,1-6H3,(H,47,54)(H,48,51)(H,49,53)/b12-10-/t23-,27-,28-,38-,39-,40+/m0/s1. The van der Waals surface area contributed by atoms with Crippen molar-refractivity contribution in [3.05, 3.63) is 41.6 Å². The van der Waals surface area contributed by atoms with Crippen molar-refractivity contribution in [1.29, 1.82) is 0 Å². The fourth-order valence-electron chi connectivity index (χ4n) is 8.74. The number of pyridine rings is 1. The van der Waals surface area contributed by atoms with E-state index in [1.165, 1.54) is 32.2 Å². The molecule has 3 N–H and O–H groups in total. The normalized spacial score (nSPS) is 31.0. The lowest BCUT2D eigenvalue weighted by molar-refractivity contribution is -0.145. The van der Waals surface area contributed by atoms with Crippen LogP contribution in [0, 0.1) is 5.92 Å². The summed E-state index contributed by atoms with van der Waals surface area (Å²) in [5.41, 5.74) is -9.33. The molecule has 4 heterocycles. The Kier molecular flexibility index (Phi) is 10.7. The highest BCUT2D eigenvalue weighted by molar-refractivity contribution is 7.91. The highest BCUT2D eigenvalue weighted by Gasteiger charge is 2.65. The summed E-state index contributed by atoms with van der Waals surface area (Å²) in [4.78, 5) is 61.5. The van der Waals surface area contributed by atoms with Gasteiger partial charge in [-0.05, 0) is 91.3 Å². The first-order chi connectivity index (χ1) is 27.8. The number of amides is 4. The molecular formula is C41H51F4N5O9S. The van der Waals surface area contributed by atoms with E-state index in [9.17, 15) is 40.8 Å². The van der Waals surface area contributed by atoms with E-state index < -0.39 is 122 Å². The maximum absolute atomic E-state index is 17.5. The largest absolute Gasteiger partial charge is 0.497 e. The first-order valence-corrected chi connectivity index (χ1v) is 21.6. The molecule has 1 saturated heterocycles. The van der Waals surface area contributed by atoms with Crippen LogP contribution in [0.1, 0.15) is 110 Å². The van der Waals surface area contributed by atoms with Crippen molar-refractivity contribution in [1.82, 2.24) is 25.2 Å². The van der Waals surface area contributed by atoms with Crippen molar-refractivity contribution in [3.8, 4) is 11.5 Å². The number of nitrogens with one attached hydrogen (secondary N) is 3. The molecule has 6 atom stereocenters. The first kappa shape index (κ1) is 43.4. The van der Waals surface area contributed by atoms with Crippen LogP contribution < -0.4 is 24.8 Å². The second-order valence-electron chi connectivity index (χ2n) is 18.3. The van der Waals surface area contributed by atoms with Crippen molar-refractivity contribution >= 4 is 44.7 Å². The Bertz CT molecular complexity index is 2260. The van der Waals surface area contributed by atoms with Crippen molar-refractivity contribution < 1.29 is 59.4 Å². The first-order valence-electron chi connectivity index (χ1n) is 20.2. The predicted molar refractivity (Wildman–Crippen MR) is 209 cm³/mol. The number of methoxy groups -OCH3 is 1. The molecule has 328 valence electrons. The molecule has 0 bridgehead atoms. The van der Waals surface area contributed by atoms with Crippen LogP contribution in [0.15, 0.2) is 30.4 Å². The Balaban J connectivity index is 1.31. The molecule has 0 unspecified atom stereocenters. The van der Waals surface area contributed by atoms with Gasteiger partial charge in [0.05, 0.1) is 23.9 Å². The van der Waals surface area contributed by atoms with Gasteiger partial charge in [0, 0.05) is 29.7 Å². The maximum Gasteiger partial charge on any atom is 0.437 e. The number of aromatic nitrogens is 1. The molecule has 2 aromatic rings. The molecule has 1 aromatic heterocycles. The summed E-state index contributed by atoms with van der Waals surface area (Å²) >= 11 is 0. The molecule has 3 aliphatic heterocycles. The molecule has 1 aromatic carbocycles. The summed E-state index contributed by atoms with van der Waals surface area (Å²) in [5, 5.41) is 5.33. The van der Waals surface area contributed by atoms with Crippen LogP contribution in [0.4, 0.5) is 22.4 Å². The van der Waals surface area contributed by atoms with E-state index in [1.807, 2.05) is 6.08 Å². The smallest absolute Gasteiger partial charge is 0.437 e. The molecule has 2 saturated carbocycles. The fraction of sp³-hybridized carbons (Fsp3) is 0.634. The molecule has 4 amide bonds. The number of halogens is 4. The van der Waals surface area contributed by atoms with Crippen LogP contribution in [0.5, 0.6) is 11.5 Å². The van der Waals surface area contributed by atoms with E-state index in [0.717, 1.165) is 11.8 Å². The maximum atomic E-state index is 17.5. The van der Waals surface area contributed by atoms with Gasteiger partial charge in [-0.1, -0.05) is 25.0 Å². The number of fused-ring (bicyclic) bond motifs is 5. The van der Waals surface area contributed by atoms with Crippen molar-refractivity contribution in [2.24, 2.45) is 5.92 Å². The van der Waals surface area contributed by atoms with Gasteiger partial charge in [0.15, 0.2) is 11.4 Å². The second kappa shape index (κ2) is 14.8. The number of benzene rings is 1. The van der Waals surface area contributed by atoms with Crippen molar-refractivity contribution in [2.75, 3.05) is 13.7 Å². The van der Waals surface area contributed by atoms with Crippen molar-refractivity contribution in [3.63, 3.8) is 0 Å². The number of carbonyl (C=O) groups excluding carboxylic acids is 4. The average Bonchev–Trinajstić information content (AvgIpc) is 4.02. The number of rotatable bonds is 5. The van der Waals surface area contributed by atoms with Crippen molar-refractivity contribution in [2.45, 2.75) is 144 Å². The molecular weight excluding hydrogens is 815 g/mol. The zero-order valence-electron chi connectivity index (χ0n) is 34.4. The zero-order valence-corrected chi connectivity index (χ0v) is 35.2. The number of hydrogen-bond acceptors (Lipinski definition) is 10. The Labute approximate surface area is 345 Å². The van der Waals surface area contributed by atoms with Gasteiger partial charge >= 0.3 is 12.3 Å². The van der Waals surface area contributed by atoms with Gasteiger partial charge in [0.2, 0.25) is 21.8 Å². The number of allylic oxidation sites excluding steroid dienone is 1. The summed E-state index contributed by atoms with van der Waals surface area (Å²) in [7, 11) is -2.80. The van der Waals surface area contributed by atoms with Crippen LogP contribution in [0.25, 0.3) is 10.9 Å². The van der Waals surface area contributed by atoms with Gasteiger partial charge in [0.1, 0.15) is 40.2 Å².